The minimum absolute atomic E-state index is 0.0252. The second kappa shape index (κ2) is 5.92. The van der Waals surface area contributed by atoms with Crippen LogP contribution in [-0.4, -0.2) is 19.8 Å². The Labute approximate surface area is 140 Å². The van der Waals surface area contributed by atoms with Crippen molar-refractivity contribution in [2.45, 2.75) is 5.51 Å². The van der Waals surface area contributed by atoms with E-state index in [4.69, 9.17) is 0 Å². The molecular weight excluding hydrogens is 359 g/mol. The fourth-order valence-electron chi connectivity index (χ4n) is 2.32. The molecule has 1 aliphatic rings. The summed E-state index contributed by atoms with van der Waals surface area (Å²) in [5, 5.41) is 2.47. The Kier molecular flexibility index (Phi) is 4.03. The van der Waals surface area contributed by atoms with Crippen LogP contribution in [0.1, 0.15) is 11.1 Å². The maximum absolute atomic E-state index is 12.8. The molecule has 1 N–H and O–H groups in total. The van der Waals surface area contributed by atoms with E-state index in [1.165, 1.54) is 30.3 Å². The van der Waals surface area contributed by atoms with Gasteiger partial charge in [-0.1, -0.05) is 48.5 Å². The van der Waals surface area contributed by atoms with Gasteiger partial charge in [0.05, 0.1) is 5.57 Å². The molecule has 2 aromatic rings. The number of nitrogens with one attached hydrogen (secondary N) is 1. The number of carbonyl (C=O) groups excluding carboxylic acids is 1. The summed E-state index contributed by atoms with van der Waals surface area (Å²) >= 11 is 0. The summed E-state index contributed by atoms with van der Waals surface area (Å²) < 4.78 is 65.6. The maximum Gasteiger partial charge on any atom is 0.534 e. The third-order valence-electron chi connectivity index (χ3n) is 3.41. The number of hydrogen-bond acceptors (Lipinski definition) is 4. The van der Waals surface area contributed by atoms with E-state index in [9.17, 15) is 26.4 Å². The first-order valence-electron chi connectivity index (χ1n) is 6.92. The third-order valence-corrected chi connectivity index (χ3v) is 4.36. The lowest BCUT2D eigenvalue weighted by molar-refractivity contribution is -0.110. The molecule has 1 amide bonds. The highest BCUT2D eigenvalue weighted by Crippen LogP contribution is 2.39. The summed E-state index contributed by atoms with van der Waals surface area (Å²) in [6.45, 7) is 0. The highest BCUT2D eigenvalue weighted by atomic mass is 32.2. The average molecular weight is 369 g/mol. The van der Waals surface area contributed by atoms with Crippen LogP contribution in [0.4, 0.5) is 18.9 Å². The van der Waals surface area contributed by atoms with Crippen molar-refractivity contribution in [2.24, 2.45) is 0 Å². The van der Waals surface area contributed by atoms with Gasteiger partial charge in [-0.2, -0.15) is 21.6 Å². The molecule has 0 aromatic heterocycles. The van der Waals surface area contributed by atoms with Crippen LogP contribution < -0.4 is 5.32 Å². The van der Waals surface area contributed by atoms with Crippen molar-refractivity contribution >= 4 is 33.0 Å². The number of halogens is 3. The van der Waals surface area contributed by atoms with E-state index in [2.05, 4.69) is 9.50 Å². The number of rotatable bonds is 3. The van der Waals surface area contributed by atoms with Gasteiger partial charge in [0.15, 0.2) is 5.76 Å². The van der Waals surface area contributed by atoms with Crippen molar-refractivity contribution in [1.82, 2.24) is 0 Å². The first kappa shape index (κ1) is 17.0. The molecule has 0 radical (unpaired) electrons. The Morgan fingerprint density at radius 3 is 2.20 bits per heavy atom. The van der Waals surface area contributed by atoms with Crippen LogP contribution in [0, 0.1) is 0 Å². The van der Waals surface area contributed by atoms with Gasteiger partial charge >= 0.3 is 15.6 Å². The summed E-state index contributed by atoms with van der Waals surface area (Å²) in [5.41, 5.74) is -5.28. The van der Waals surface area contributed by atoms with Crippen molar-refractivity contribution < 1.29 is 30.6 Å². The fourth-order valence-corrected chi connectivity index (χ4v) is 2.82. The zero-order chi connectivity index (χ0) is 18.2. The fraction of sp³-hybridized carbons (Fsp3) is 0.0625. The smallest absolute Gasteiger partial charge is 0.375 e. The van der Waals surface area contributed by atoms with Crippen molar-refractivity contribution in [1.29, 1.82) is 0 Å². The molecular formula is C16H10F3NO4S. The van der Waals surface area contributed by atoms with Gasteiger partial charge in [0.25, 0.3) is 5.91 Å². The highest BCUT2D eigenvalue weighted by Gasteiger charge is 2.49. The van der Waals surface area contributed by atoms with E-state index in [-0.39, 0.29) is 16.7 Å². The number of carbonyl (C=O) groups is 1. The third kappa shape index (κ3) is 3.10. The summed E-state index contributed by atoms with van der Waals surface area (Å²) in [6, 6.07) is 13.5. The van der Waals surface area contributed by atoms with Crippen molar-refractivity contribution in [2.75, 3.05) is 5.32 Å². The molecule has 2 aromatic carbocycles. The predicted molar refractivity (Wildman–Crippen MR) is 84.4 cm³/mol. The second-order valence-electron chi connectivity index (χ2n) is 5.05. The van der Waals surface area contributed by atoms with Crippen molar-refractivity contribution in [3.05, 3.63) is 65.7 Å². The van der Waals surface area contributed by atoms with Crippen molar-refractivity contribution in [3.8, 4) is 0 Å². The quantitative estimate of drug-likeness (QED) is 0.390. The predicted octanol–water partition coefficient (Wildman–Crippen LogP) is 3.37. The van der Waals surface area contributed by atoms with Crippen LogP contribution in [0.3, 0.4) is 0 Å². The van der Waals surface area contributed by atoms with Crippen LogP contribution >= 0.6 is 0 Å². The number of anilines is 1. The molecule has 0 unspecified atom stereocenters. The summed E-state index contributed by atoms with van der Waals surface area (Å²) in [7, 11) is -5.95. The van der Waals surface area contributed by atoms with E-state index in [0.29, 0.717) is 5.69 Å². The molecule has 0 fully saturated rings. The van der Waals surface area contributed by atoms with Crippen molar-refractivity contribution in [3.63, 3.8) is 0 Å². The van der Waals surface area contributed by atoms with Gasteiger partial charge in [-0.05, 0) is 6.07 Å². The van der Waals surface area contributed by atoms with Gasteiger partial charge in [0, 0.05) is 16.8 Å². The lowest BCUT2D eigenvalue weighted by atomic mass is 10.0. The largest absolute Gasteiger partial charge is 0.534 e. The second-order valence-corrected chi connectivity index (χ2v) is 6.59. The molecule has 25 heavy (non-hydrogen) atoms. The highest BCUT2D eigenvalue weighted by molar-refractivity contribution is 7.87. The first-order valence-corrected chi connectivity index (χ1v) is 8.33. The van der Waals surface area contributed by atoms with E-state index < -0.39 is 27.3 Å². The topological polar surface area (TPSA) is 72.5 Å². The van der Waals surface area contributed by atoms with Crippen LogP contribution in [0.25, 0.3) is 11.3 Å². The Morgan fingerprint density at radius 1 is 0.960 bits per heavy atom. The van der Waals surface area contributed by atoms with Gasteiger partial charge < -0.3 is 9.50 Å². The van der Waals surface area contributed by atoms with E-state index in [1.54, 1.807) is 24.3 Å². The first-order chi connectivity index (χ1) is 11.7. The normalized spacial score (nSPS) is 16.2. The average Bonchev–Trinajstić information content (AvgIpc) is 2.88. The lowest BCUT2D eigenvalue weighted by Crippen LogP contribution is -2.25. The molecule has 0 saturated heterocycles. The molecule has 3 rings (SSSR count). The number of alkyl halides is 3. The standard InChI is InChI=1S/C16H10F3NO4S/c17-16(18,19)25(22,23)24-14(10-6-2-1-3-7-10)13-11-8-4-5-9-12(11)20-15(13)21/h1-9H,(H,20,21)/b14-13+. The number of benzene rings is 2. The molecule has 5 nitrogen and oxygen atoms in total. The monoisotopic (exact) mass is 369 g/mol. The molecule has 9 heteroatoms. The molecule has 0 aliphatic carbocycles. The van der Waals surface area contributed by atoms with Crippen LogP contribution in [0.5, 0.6) is 0 Å². The summed E-state index contributed by atoms with van der Waals surface area (Å²) in [4.78, 5) is 12.3. The van der Waals surface area contributed by atoms with E-state index >= 15 is 0 Å². The zero-order valence-corrected chi connectivity index (χ0v) is 13.2. The molecule has 130 valence electrons. The molecule has 0 bridgehead atoms. The molecule has 0 spiro atoms. The minimum Gasteiger partial charge on any atom is -0.375 e. The molecule has 0 atom stereocenters. The van der Waals surface area contributed by atoms with E-state index in [1.807, 2.05) is 0 Å². The lowest BCUT2D eigenvalue weighted by Gasteiger charge is -2.14. The summed E-state index contributed by atoms with van der Waals surface area (Å²) in [6.07, 6.45) is 0. The van der Waals surface area contributed by atoms with Gasteiger partial charge in [-0.25, -0.2) is 0 Å². The summed E-state index contributed by atoms with van der Waals surface area (Å²) in [5.74, 6) is -1.43. The van der Waals surface area contributed by atoms with Gasteiger partial charge in [0.1, 0.15) is 0 Å². The SMILES string of the molecule is O=C1Nc2ccccc2/C1=C(\OS(=O)(=O)C(F)(F)F)c1ccccc1. The maximum atomic E-state index is 12.8. The van der Waals surface area contributed by atoms with Gasteiger partial charge in [-0.3, -0.25) is 4.79 Å². The minimum atomic E-state index is -5.95. The number of amides is 1. The Balaban J connectivity index is 2.25. The zero-order valence-electron chi connectivity index (χ0n) is 12.4. The van der Waals surface area contributed by atoms with Gasteiger partial charge in [-0.15, -0.1) is 0 Å². The Morgan fingerprint density at radius 2 is 1.56 bits per heavy atom. The molecule has 1 aliphatic heterocycles. The van der Waals surface area contributed by atoms with Crippen LogP contribution in [-0.2, 0) is 19.1 Å². The Bertz CT molecular complexity index is 966. The van der Waals surface area contributed by atoms with E-state index in [0.717, 1.165) is 0 Å². The molecule has 0 saturated carbocycles. The van der Waals surface area contributed by atoms with Crippen LogP contribution in [0.2, 0.25) is 0 Å². The molecule has 1 heterocycles. The number of para-hydroxylation sites is 1. The number of hydrogen-bond donors (Lipinski definition) is 1. The Hall–Kier alpha value is -2.81. The van der Waals surface area contributed by atoms with Gasteiger partial charge in [0.2, 0.25) is 0 Å². The number of fused-ring (bicyclic) bond motifs is 1. The van der Waals surface area contributed by atoms with Crippen LogP contribution in [0.15, 0.2) is 54.6 Å².